The van der Waals surface area contributed by atoms with Crippen LogP contribution in [0.2, 0.25) is 0 Å². The minimum atomic E-state index is -1.87. The molecule has 0 saturated carbocycles. The van der Waals surface area contributed by atoms with Crippen LogP contribution >= 0.6 is 27.1 Å². The maximum atomic E-state index is 11.5. The molecule has 0 bridgehead atoms. The Kier molecular flexibility index (Phi) is 5.03. The SMILES string of the molecule is Cc1cc(CCCCP(C)(=O)P)c(C)s1. The number of unbranched alkanes of at least 4 members (excludes halogenated alkanes) is 1. The Hall–Kier alpha value is 0.360. The molecule has 0 aliphatic carbocycles. The van der Waals surface area contributed by atoms with Crippen LogP contribution < -0.4 is 0 Å². The van der Waals surface area contributed by atoms with E-state index in [1.165, 1.54) is 15.3 Å². The van der Waals surface area contributed by atoms with Crippen LogP contribution in [0.25, 0.3) is 0 Å². The van der Waals surface area contributed by atoms with Crippen LogP contribution in [0.1, 0.15) is 28.2 Å². The van der Waals surface area contributed by atoms with Gasteiger partial charge in [-0.05, 0) is 51.4 Å². The highest BCUT2D eigenvalue weighted by molar-refractivity contribution is 8.17. The molecule has 86 valence electrons. The molecule has 0 spiro atoms. The summed E-state index contributed by atoms with van der Waals surface area (Å²) in [5.74, 6) is 0. The summed E-state index contributed by atoms with van der Waals surface area (Å²) in [5.41, 5.74) is 1.48. The lowest BCUT2D eigenvalue weighted by Gasteiger charge is -2.05. The second-order valence-electron chi connectivity index (χ2n) is 4.29. The predicted molar refractivity (Wildman–Crippen MR) is 74.8 cm³/mol. The van der Waals surface area contributed by atoms with Crippen molar-refractivity contribution in [1.29, 1.82) is 0 Å². The van der Waals surface area contributed by atoms with Crippen LogP contribution in [0.15, 0.2) is 6.07 Å². The highest BCUT2D eigenvalue weighted by Crippen LogP contribution is 2.50. The third kappa shape index (κ3) is 5.29. The van der Waals surface area contributed by atoms with Gasteiger partial charge < -0.3 is 4.57 Å². The summed E-state index contributed by atoms with van der Waals surface area (Å²) < 4.78 is 11.5. The molecule has 2 atom stereocenters. The fourth-order valence-corrected chi connectivity index (χ4v) is 4.05. The summed E-state index contributed by atoms with van der Waals surface area (Å²) in [6, 6.07) is 2.28. The molecule has 1 heterocycles. The van der Waals surface area contributed by atoms with Crippen molar-refractivity contribution in [2.75, 3.05) is 12.8 Å². The van der Waals surface area contributed by atoms with Crippen molar-refractivity contribution in [3.8, 4) is 0 Å². The van der Waals surface area contributed by atoms with E-state index >= 15 is 0 Å². The Balaban J connectivity index is 2.32. The van der Waals surface area contributed by atoms with Gasteiger partial charge >= 0.3 is 0 Å². The summed E-state index contributed by atoms with van der Waals surface area (Å²) in [7, 11) is 2.49. The van der Waals surface area contributed by atoms with E-state index in [4.69, 9.17) is 0 Å². The average Bonchev–Trinajstić information content (AvgIpc) is 2.37. The molecule has 1 aromatic heterocycles. The van der Waals surface area contributed by atoms with Gasteiger partial charge in [-0.25, -0.2) is 0 Å². The van der Waals surface area contributed by atoms with E-state index in [0.29, 0.717) is 0 Å². The lowest BCUT2D eigenvalue weighted by molar-refractivity contribution is 0.585. The highest BCUT2D eigenvalue weighted by atomic mass is 32.1. The molecule has 1 rings (SSSR count). The highest BCUT2D eigenvalue weighted by Gasteiger charge is 2.07. The first-order chi connectivity index (χ1) is 6.88. The third-order valence-electron chi connectivity index (χ3n) is 2.44. The van der Waals surface area contributed by atoms with Gasteiger partial charge in [0.05, 0.1) is 6.83 Å². The van der Waals surface area contributed by atoms with Gasteiger partial charge in [-0.2, -0.15) is 0 Å². The maximum Gasteiger partial charge on any atom is 0.0987 e. The Morgan fingerprint density at radius 2 is 2.07 bits per heavy atom. The van der Waals surface area contributed by atoms with Crippen LogP contribution in [0.3, 0.4) is 0 Å². The normalized spacial score (nSPS) is 15.2. The maximum absolute atomic E-state index is 11.5. The standard InChI is InChI=1S/C11H20OP2S/c1-9-8-11(10(2)15-9)6-4-5-7-14(3,12)13/h8H,4-7,13H2,1-3H3. The van der Waals surface area contributed by atoms with Crippen molar-refractivity contribution in [2.24, 2.45) is 0 Å². The van der Waals surface area contributed by atoms with E-state index in [0.717, 1.165) is 25.4 Å². The Morgan fingerprint density at radius 1 is 1.40 bits per heavy atom. The van der Waals surface area contributed by atoms with Gasteiger partial charge in [0.25, 0.3) is 0 Å². The first-order valence-electron chi connectivity index (χ1n) is 5.29. The molecule has 2 unspecified atom stereocenters. The smallest absolute Gasteiger partial charge is 0.0987 e. The predicted octanol–water partition coefficient (Wildman–Crippen LogP) is 4.47. The molecule has 0 aliphatic rings. The van der Waals surface area contributed by atoms with E-state index in [9.17, 15) is 4.57 Å². The van der Waals surface area contributed by atoms with Gasteiger partial charge in [-0.1, -0.05) is 8.93 Å². The summed E-state index contributed by atoms with van der Waals surface area (Å²) in [4.78, 5) is 2.84. The van der Waals surface area contributed by atoms with Crippen molar-refractivity contribution < 1.29 is 4.57 Å². The molecular formula is C11H20OP2S. The van der Waals surface area contributed by atoms with Crippen LogP contribution in [-0.4, -0.2) is 12.8 Å². The molecule has 4 heteroatoms. The lowest BCUT2D eigenvalue weighted by Crippen LogP contribution is -1.88. The fourth-order valence-electron chi connectivity index (χ4n) is 1.67. The van der Waals surface area contributed by atoms with E-state index in [-0.39, 0.29) is 0 Å². The van der Waals surface area contributed by atoms with Gasteiger partial charge in [0.1, 0.15) is 0 Å². The van der Waals surface area contributed by atoms with Crippen molar-refractivity contribution in [3.63, 3.8) is 0 Å². The molecule has 0 N–H and O–H groups in total. The molecular weight excluding hydrogens is 242 g/mol. The Labute approximate surface area is 99.1 Å². The zero-order valence-corrected chi connectivity index (χ0v) is 12.6. The molecule has 1 aromatic rings. The second-order valence-corrected chi connectivity index (χ2v) is 11.8. The lowest BCUT2D eigenvalue weighted by atomic mass is 10.1. The van der Waals surface area contributed by atoms with Gasteiger partial charge in [-0.15, -0.1) is 11.3 Å². The first kappa shape index (κ1) is 13.4. The summed E-state index contributed by atoms with van der Waals surface area (Å²) in [6.45, 7) is 4.32. The van der Waals surface area contributed by atoms with E-state index in [1.807, 2.05) is 18.0 Å². The number of rotatable bonds is 5. The molecule has 0 radical (unpaired) electrons. The van der Waals surface area contributed by atoms with Crippen molar-refractivity contribution in [1.82, 2.24) is 0 Å². The Bertz CT molecular complexity index is 365. The Morgan fingerprint density at radius 3 is 2.53 bits per heavy atom. The zero-order chi connectivity index (χ0) is 11.5. The van der Waals surface area contributed by atoms with E-state index < -0.39 is 6.83 Å². The van der Waals surface area contributed by atoms with Crippen molar-refractivity contribution >= 4 is 27.1 Å². The van der Waals surface area contributed by atoms with Crippen molar-refractivity contribution in [2.45, 2.75) is 33.1 Å². The molecule has 15 heavy (non-hydrogen) atoms. The van der Waals surface area contributed by atoms with Gasteiger partial charge in [-0.3, -0.25) is 0 Å². The number of hydrogen-bond donors (Lipinski definition) is 0. The largest absolute Gasteiger partial charge is 0.320 e. The quantitative estimate of drug-likeness (QED) is 0.565. The second kappa shape index (κ2) is 5.62. The van der Waals surface area contributed by atoms with Gasteiger partial charge in [0.2, 0.25) is 0 Å². The molecule has 0 aliphatic heterocycles. The topological polar surface area (TPSA) is 17.1 Å². The number of hydrogen-bond acceptors (Lipinski definition) is 2. The van der Waals surface area contributed by atoms with Crippen LogP contribution in [0, 0.1) is 13.8 Å². The molecule has 1 nitrogen and oxygen atoms in total. The molecule has 0 fully saturated rings. The van der Waals surface area contributed by atoms with Crippen LogP contribution in [0.4, 0.5) is 0 Å². The summed E-state index contributed by atoms with van der Waals surface area (Å²) in [6.07, 6.45) is 4.23. The average molecular weight is 262 g/mol. The molecule has 0 amide bonds. The summed E-state index contributed by atoms with van der Waals surface area (Å²) >= 11 is 1.87. The van der Waals surface area contributed by atoms with E-state index in [2.05, 4.69) is 28.8 Å². The fraction of sp³-hybridized carbons (Fsp3) is 0.636. The minimum absolute atomic E-state index is 0.861. The number of thiophene rings is 1. The van der Waals surface area contributed by atoms with Gasteiger partial charge in [0.15, 0.2) is 0 Å². The third-order valence-corrected chi connectivity index (χ3v) is 5.43. The van der Waals surface area contributed by atoms with Crippen LogP contribution in [0.5, 0.6) is 0 Å². The summed E-state index contributed by atoms with van der Waals surface area (Å²) in [5, 5.41) is 0. The molecule has 0 saturated heterocycles. The first-order valence-corrected chi connectivity index (χ1v) is 10.1. The van der Waals surface area contributed by atoms with E-state index in [1.54, 1.807) is 0 Å². The van der Waals surface area contributed by atoms with Crippen LogP contribution in [-0.2, 0) is 11.0 Å². The van der Waals surface area contributed by atoms with Gasteiger partial charge in [0, 0.05) is 15.9 Å². The minimum Gasteiger partial charge on any atom is -0.320 e. The molecule has 0 aromatic carbocycles. The zero-order valence-electron chi connectivity index (χ0n) is 9.75. The van der Waals surface area contributed by atoms with Crippen molar-refractivity contribution in [3.05, 3.63) is 21.4 Å². The monoisotopic (exact) mass is 262 g/mol. The number of aryl methyl sites for hydroxylation is 3.